The van der Waals surface area contributed by atoms with Crippen molar-refractivity contribution in [3.05, 3.63) is 70.7 Å². The summed E-state index contributed by atoms with van der Waals surface area (Å²) in [6, 6.07) is 16.9. The van der Waals surface area contributed by atoms with E-state index in [4.69, 9.17) is 11.6 Å². The summed E-state index contributed by atoms with van der Waals surface area (Å²) in [6.45, 7) is 6.20. The highest BCUT2D eigenvalue weighted by molar-refractivity contribution is 7.99. The molecule has 0 saturated heterocycles. The third-order valence-electron chi connectivity index (χ3n) is 4.77. The number of thioether (sulfide) groups is 1. The molecule has 2 amide bonds. The van der Waals surface area contributed by atoms with Crippen molar-refractivity contribution in [1.82, 2.24) is 10.2 Å². The van der Waals surface area contributed by atoms with Gasteiger partial charge in [0.1, 0.15) is 6.04 Å². The van der Waals surface area contributed by atoms with Crippen molar-refractivity contribution in [3.8, 4) is 0 Å². The molecule has 0 aliphatic rings. The molecule has 2 unspecified atom stereocenters. The summed E-state index contributed by atoms with van der Waals surface area (Å²) in [7, 11) is 0. The van der Waals surface area contributed by atoms with Crippen molar-refractivity contribution in [1.29, 1.82) is 0 Å². The third kappa shape index (κ3) is 7.75. The van der Waals surface area contributed by atoms with E-state index >= 15 is 0 Å². The van der Waals surface area contributed by atoms with Crippen molar-refractivity contribution >= 4 is 35.2 Å². The molecule has 156 valence electrons. The van der Waals surface area contributed by atoms with E-state index in [1.807, 2.05) is 68.4 Å². The van der Waals surface area contributed by atoms with E-state index in [2.05, 4.69) is 5.32 Å². The first kappa shape index (κ1) is 23.3. The highest BCUT2D eigenvalue weighted by Gasteiger charge is 2.26. The molecule has 0 spiro atoms. The van der Waals surface area contributed by atoms with Crippen LogP contribution in [0.3, 0.4) is 0 Å². The molecule has 29 heavy (non-hydrogen) atoms. The van der Waals surface area contributed by atoms with Crippen molar-refractivity contribution in [3.63, 3.8) is 0 Å². The number of nitrogens with zero attached hydrogens (tertiary/aromatic N) is 1. The monoisotopic (exact) mass is 432 g/mol. The van der Waals surface area contributed by atoms with Crippen LogP contribution < -0.4 is 5.32 Å². The van der Waals surface area contributed by atoms with Crippen LogP contribution in [0.15, 0.2) is 54.6 Å². The van der Waals surface area contributed by atoms with E-state index in [0.29, 0.717) is 17.3 Å². The molecular weight excluding hydrogens is 404 g/mol. The molecule has 2 rings (SSSR count). The summed E-state index contributed by atoms with van der Waals surface area (Å²) < 4.78 is 0. The van der Waals surface area contributed by atoms with Gasteiger partial charge in [-0.25, -0.2) is 0 Å². The summed E-state index contributed by atoms with van der Waals surface area (Å²) in [6.07, 6.45) is 0.849. The first-order valence-electron chi connectivity index (χ1n) is 9.86. The Kier molecular flexibility index (Phi) is 9.55. The van der Waals surface area contributed by atoms with Crippen LogP contribution in [0.25, 0.3) is 0 Å². The summed E-state index contributed by atoms with van der Waals surface area (Å²) in [5.74, 6) is 0.873. The summed E-state index contributed by atoms with van der Waals surface area (Å²) in [5.41, 5.74) is 2.12. The average molecular weight is 433 g/mol. The molecule has 0 heterocycles. The van der Waals surface area contributed by atoms with E-state index in [0.717, 1.165) is 23.3 Å². The average Bonchev–Trinajstić information content (AvgIpc) is 2.73. The van der Waals surface area contributed by atoms with Gasteiger partial charge in [-0.3, -0.25) is 9.59 Å². The maximum Gasteiger partial charge on any atom is 0.242 e. The van der Waals surface area contributed by atoms with Crippen molar-refractivity contribution in [2.75, 3.05) is 5.75 Å². The maximum absolute atomic E-state index is 13.0. The van der Waals surface area contributed by atoms with Gasteiger partial charge in [0.15, 0.2) is 0 Å². The Morgan fingerprint density at radius 3 is 2.31 bits per heavy atom. The smallest absolute Gasteiger partial charge is 0.242 e. The fourth-order valence-electron chi connectivity index (χ4n) is 2.75. The predicted octanol–water partition coefficient (Wildman–Crippen LogP) is 4.91. The van der Waals surface area contributed by atoms with Crippen LogP contribution in [0.2, 0.25) is 5.02 Å². The molecular formula is C23H29ClN2O2S. The molecule has 4 nitrogen and oxygen atoms in total. The number of rotatable bonds is 10. The van der Waals surface area contributed by atoms with Crippen molar-refractivity contribution in [2.24, 2.45) is 0 Å². The second-order valence-electron chi connectivity index (χ2n) is 7.12. The van der Waals surface area contributed by atoms with Crippen molar-refractivity contribution < 1.29 is 9.59 Å². The minimum absolute atomic E-state index is 0.0420. The molecule has 0 fully saturated rings. The van der Waals surface area contributed by atoms with Gasteiger partial charge >= 0.3 is 0 Å². The molecule has 2 atom stereocenters. The Morgan fingerprint density at radius 1 is 1.03 bits per heavy atom. The number of hydrogen-bond donors (Lipinski definition) is 1. The molecule has 6 heteroatoms. The van der Waals surface area contributed by atoms with Gasteiger partial charge < -0.3 is 10.2 Å². The van der Waals surface area contributed by atoms with Crippen LogP contribution >= 0.6 is 23.4 Å². The molecule has 0 saturated carbocycles. The van der Waals surface area contributed by atoms with Gasteiger partial charge in [-0.15, -0.1) is 11.8 Å². The Morgan fingerprint density at radius 2 is 1.69 bits per heavy atom. The zero-order valence-corrected chi connectivity index (χ0v) is 18.8. The SMILES string of the molecule is CCC(C)NC(=O)C(C)N(Cc1ccccc1)C(=O)CSCc1ccc(Cl)cc1. The molecule has 0 bridgehead atoms. The van der Waals surface area contributed by atoms with E-state index in [9.17, 15) is 9.59 Å². The number of carbonyl (C=O) groups is 2. The van der Waals surface area contributed by atoms with Crippen LogP contribution in [0.1, 0.15) is 38.3 Å². The van der Waals surface area contributed by atoms with E-state index in [-0.39, 0.29) is 17.9 Å². The first-order valence-corrected chi connectivity index (χ1v) is 11.4. The highest BCUT2D eigenvalue weighted by atomic mass is 35.5. The van der Waals surface area contributed by atoms with Gasteiger partial charge in [-0.1, -0.05) is 61.0 Å². The lowest BCUT2D eigenvalue weighted by molar-refractivity contribution is -0.138. The van der Waals surface area contributed by atoms with E-state index in [1.54, 1.807) is 23.6 Å². The molecule has 2 aromatic rings. The van der Waals surface area contributed by atoms with E-state index in [1.165, 1.54) is 0 Å². The second-order valence-corrected chi connectivity index (χ2v) is 8.54. The minimum atomic E-state index is -0.534. The van der Waals surface area contributed by atoms with Crippen LogP contribution in [0.4, 0.5) is 0 Å². The molecule has 0 radical (unpaired) electrons. The number of nitrogens with one attached hydrogen (secondary N) is 1. The van der Waals surface area contributed by atoms with Crippen LogP contribution in [-0.2, 0) is 21.9 Å². The summed E-state index contributed by atoms with van der Waals surface area (Å²) in [4.78, 5) is 27.3. The predicted molar refractivity (Wildman–Crippen MR) is 122 cm³/mol. The highest BCUT2D eigenvalue weighted by Crippen LogP contribution is 2.18. The maximum atomic E-state index is 13.0. The molecule has 0 aromatic heterocycles. The number of hydrogen-bond acceptors (Lipinski definition) is 3. The zero-order chi connectivity index (χ0) is 21.2. The van der Waals surface area contributed by atoms with Crippen molar-refractivity contribution in [2.45, 2.75) is 51.6 Å². The molecule has 2 aromatic carbocycles. The largest absolute Gasteiger partial charge is 0.352 e. The van der Waals surface area contributed by atoms with E-state index < -0.39 is 6.04 Å². The van der Waals surface area contributed by atoms with Gasteiger partial charge in [0.05, 0.1) is 5.75 Å². The molecule has 0 aliphatic carbocycles. The Balaban J connectivity index is 2.03. The fourth-order valence-corrected chi connectivity index (χ4v) is 3.74. The zero-order valence-electron chi connectivity index (χ0n) is 17.2. The molecule has 1 N–H and O–H groups in total. The number of amides is 2. The number of benzene rings is 2. The van der Waals surface area contributed by atoms with Crippen LogP contribution in [0.5, 0.6) is 0 Å². The third-order valence-corrected chi connectivity index (χ3v) is 6.01. The lowest BCUT2D eigenvalue weighted by Crippen LogP contribution is -2.50. The standard InChI is InChI=1S/C23H29ClN2O2S/c1-4-17(2)25-23(28)18(3)26(14-19-8-6-5-7-9-19)22(27)16-29-15-20-10-12-21(24)13-11-20/h5-13,17-18H,4,14-16H2,1-3H3,(H,25,28). The quantitative estimate of drug-likeness (QED) is 0.580. The second kappa shape index (κ2) is 11.9. The normalized spacial score (nSPS) is 12.8. The van der Waals surface area contributed by atoms with Gasteiger partial charge in [0.25, 0.3) is 0 Å². The van der Waals surface area contributed by atoms with Gasteiger partial charge in [-0.05, 0) is 43.5 Å². The number of halogens is 1. The number of carbonyl (C=O) groups excluding carboxylic acids is 2. The van der Waals surface area contributed by atoms with Gasteiger partial charge in [-0.2, -0.15) is 0 Å². The van der Waals surface area contributed by atoms with Crippen LogP contribution in [-0.4, -0.2) is 34.6 Å². The summed E-state index contributed by atoms with van der Waals surface area (Å²) >= 11 is 7.46. The minimum Gasteiger partial charge on any atom is -0.352 e. The Labute approximate surface area is 183 Å². The first-order chi connectivity index (χ1) is 13.9. The fraction of sp³-hybridized carbons (Fsp3) is 0.391. The van der Waals surface area contributed by atoms with Gasteiger partial charge in [0.2, 0.25) is 11.8 Å². The summed E-state index contributed by atoms with van der Waals surface area (Å²) in [5, 5.41) is 3.68. The van der Waals surface area contributed by atoms with Gasteiger partial charge in [0, 0.05) is 23.4 Å². The Hall–Kier alpha value is -1.98. The Bertz CT molecular complexity index is 783. The van der Waals surface area contributed by atoms with Crippen LogP contribution in [0, 0.1) is 0 Å². The topological polar surface area (TPSA) is 49.4 Å². The lowest BCUT2D eigenvalue weighted by Gasteiger charge is -2.29. The lowest BCUT2D eigenvalue weighted by atomic mass is 10.1. The molecule has 0 aliphatic heterocycles.